The summed E-state index contributed by atoms with van der Waals surface area (Å²) in [5, 5.41) is 7.71. The molecule has 0 unspecified atom stereocenters. The Balaban J connectivity index is 1.53. The lowest BCUT2D eigenvalue weighted by Crippen LogP contribution is -2.80. The molecule has 4 heteroatoms. The number of ether oxygens (including phenoxy) is 1. The molecule has 9 rings (SSSR count). The molecule has 3 nitrogen and oxygen atoms in total. The lowest BCUT2D eigenvalue weighted by Gasteiger charge is -2.54. The number of anilines is 2. The highest BCUT2D eigenvalue weighted by Crippen LogP contribution is 2.56. The summed E-state index contributed by atoms with van der Waals surface area (Å²) in [6.45, 7) is 0. The summed E-state index contributed by atoms with van der Waals surface area (Å²) < 4.78 is 6.63. The summed E-state index contributed by atoms with van der Waals surface area (Å²) in [7, 11) is -0.778. The molecule has 3 heterocycles. The van der Waals surface area contributed by atoms with Gasteiger partial charge in [0, 0.05) is 7.05 Å². The SMILES string of the molecule is CNN1c2ccccc2C2(c3ccccc31)c1ccccc1[Si]1(c3ccccc3Oc3ccccc31)c1ccccc12. The molecule has 3 aliphatic rings. The van der Waals surface area contributed by atoms with Crippen molar-refractivity contribution in [2.45, 2.75) is 5.41 Å². The first-order valence-electron chi connectivity index (χ1n) is 14.5. The second-order valence-electron chi connectivity index (χ2n) is 11.3. The normalized spacial score (nSPS) is 15.9. The molecule has 6 aromatic carbocycles. The average molecular weight is 557 g/mol. The van der Waals surface area contributed by atoms with Crippen LogP contribution >= 0.6 is 0 Å². The maximum Gasteiger partial charge on any atom is 0.188 e. The Morgan fingerprint density at radius 3 is 1.33 bits per heavy atom. The molecule has 6 aromatic rings. The monoisotopic (exact) mass is 556 g/mol. The van der Waals surface area contributed by atoms with E-state index < -0.39 is 13.5 Å². The summed E-state index contributed by atoms with van der Waals surface area (Å²) in [5.74, 6) is 1.93. The third kappa shape index (κ3) is 2.69. The molecule has 0 aliphatic carbocycles. The molecule has 3 aliphatic heterocycles. The Kier molecular flexibility index (Phi) is 4.84. The number of benzene rings is 6. The van der Waals surface area contributed by atoms with Crippen LogP contribution in [-0.2, 0) is 5.41 Å². The van der Waals surface area contributed by atoms with Crippen molar-refractivity contribution in [2.24, 2.45) is 0 Å². The van der Waals surface area contributed by atoms with Gasteiger partial charge in [-0.1, -0.05) is 121 Å². The molecule has 0 saturated carbocycles. The van der Waals surface area contributed by atoms with Crippen LogP contribution < -0.4 is 35.9 Å². The first kappa shape index (κ1) is 23.8. The molecule has 42 heavy (non-hydrogen) atoms. The standard InChI is InChI=1S/C38H28N2OSi/c1-39-40-30-18-6-2-14-26(30)38(27-15-3-7-19-31(27)40)28-16-4-10-22-34(28)42(35-23-11-5-17-29(35)38)36-24-12-8-20-32(36)41-33-21-9-13-25-37(33)42/h2-25,39H,1H3. The van der Waals surface area contributed by atoms with E-state index in [1.165, 1.54) is 54.4 Å². The van der Waals surface area contributed by atoms with Gasteiger partial charge in [0.2, 0.25) is 0 Å². The molecule has 2 spiro atoms. The van der Waals surface area contributed by atoms with Crippen molar-refractivity contribution < 1.29 is 4.74 Å². The van der Waals surface area contributed by atoms with Crippen LogP contribution in [0.2, 0.25) is 0 Å². The zero-order chi connectivity index (χ0) is 27.9. The van der Waals surface area contributed by atoms with Gasteiger partial charge in [-0.15, -0.1) is 0 Å². The number of hydrogen-bond donors (Lipinski definition) is 1. The largest absolute Gasteiger partial charge is 0.458 e. The zero-order valence-corrected chi connectivity index (χ0v) is 24.2. The van der Waals surface area contributed by atoms with Gasteiger partial charge in [-0.2, -0.15) is 0 Å². The number of nitrogens with one attached hydrogen (secondary N) is 1. The van der Waals surface area contributed by atoms with E-state index >= 15 is 0 Å². The first-order valence-corrected chi connectivity index (χ1v) is 16.5. The number of nitrogens with zero attached hydrogens (tertiary/aromatic N) is 1. The first-order chi connectivity index (χ1) is 20.8. The molecule has 0 amide bonds. The molecule has 0 saturated heterocycles. The van der Waals surface area contributed by atoms with Gasteiger partial charge in [0.25, 0.3) is 0 Å². The van der Waals surface area contributed by atoms with E-state index in [4.69, 9.17) is 4.74 Å². The van der Waals surface area contributed by atoms with E-state index in [1.54, 1.807) is 0 Å². The second kappa shape index (κ2) is 8.55. The summed E-state index contributed by atoms with van der Waals surface area (Å²) in [4.78, 5) is 0. The summed E-state index contributed by atoms with van der Waals surface area (Å²) in [6, 6.07) is 53.8. The van der Waals surface area contributed by atoms with Crippen molar-refractivity contribution >= 4 is 40.2 Å². The summed E-state index contributed by atoms with van der Waals surface area (Å²) in [6.07, 6.45) is 0. The predicted octanol–water partition coefficient (Wildman–Crippen LogP) is 5.45. The fourth-order valence-electron chi connectivity index (χ4n) is 8.21. The molecule has 0 aromatic heterocycles. The highest BCUT2D eigenvalue weighted by Gasteiger charge is 2.59. The highest BCUT2D eigenvalue weighted by molar-refractivity contribution is 7.21. The van der Waals surface area contributed by atoms with Crippen LogP contribution in [0.1, 0.15) is 22.3 Å². The number of rotatable bonds is 1. The van der Waals surface area contributed by atoms with Gasteiger partial charge in [-0.05, 0) is 67.3 Å². The van der Waals surface area contributed by atoms with Crippen molar-refractivity contribution in [1.82, 2.24) is 5.43 Å². The van der Waals surface area contributed by atoms with Crippen molar-refractivity contribution in [3.8, 4) is 11.5 Å². The molecule has 0 atom stereocenters. The molecule has 1 N–H and O–H groups in total. The van der Waals surface area contributed by atoms with E-state index in [0.29, 0.717) is 0 Å². The lowest BCUT2D eigenvalue weighted by molar-refractivity contribution is 0.487. The van der Waals surface area contributed by atoms with Crippen LogP contribution in [0.5, 0.6) is 11.5 Å². The molecule has 200 valence electrons. The van der Waals surface area contributed by atoms with Gasteiger partial charge < -0.3 is 4.74 Å². The molecule has 0 radical (unpaired) electrons. The van der Waals surface area contributed by atoms with Crippen LogP contribution in [-0.4, -0.2) is 15.1 Å². The number of hydrogen-bond acceptors (Lipinski definition) is 3. The van der Waals surface area contributed by atoms with Gasteiger partial charge in [0.05, 0.1) is 16.8 Å². The molecular weight excluding hydrogens is 529 g/mol. The van der Waals surface area contributed by atoms with E-state index in [-0.39, 0.29) is 0 Å². The molecule has 0 fully saturated rings. The Morgan fingerprint density at radius 2 is 0.857 bits per heavy atom. The fraction of sp³-hybridized carbons (Fsp3) is 0.0526. The van der Waals surface area contributed by atoms with Crippen LogP contribution in [0.4, 0.5) is 11.4 Å². The van der Waals surface area contributed by atoms with Crippen LogP contribution in [0.15, 0.2) is 146 Å². The quantitative estimate of drug-likeness (QED) is 0.272. The maximum absolute atomic E-state index is 6.63. The number of hydrazine groups is 1. The Bertz CT molecular complexity index is 1910. The van der Waals surface area contributed by atoms with Gasteiger partial charge in [0.15, 0.2) is 8.07 Å². The Morgan fingerprint density at radius 1 is 0.476 bits per heavy atom. The summed E-state index contributed by atoms with van der Waals surface area (Å²) >= 11 is 0. The van der Waals surface area contributed by atoms with Crippen molar-refractivity contribution in [2.75, 3.05) is 12.1 Å². The molecule has 0 bridgehead atoms. The van der Waals surface area contributed by atoms with Crippen molar-refractivity contribution in [1.29, 1.82) is 0 Å². The smallest absolute Gasteiger partial charge is 0.188 e. The van der Waals surface area contributed by atoms with Crippen LogP contribution in [0.3, 0.4) is 0 Å². The van der Waals surface area contributed by atoms with E-state index in [2.05, 4.69) is 156 Å². The fourth-order valence-corrected chi connectivity index (χ4v) is 13.7. The average Bonchev–Trinajstić information content (AvgIpc) is 3.06. The number of para-hydroxylation sites is 4. The number of fused-ring (bicyclic) bond motifs is 14. The Labute approximate surface area is 246 Å². The van der Waals surface area contributed by atoms with Gasteiger partial charge >= 0.3 is 0 Å². The van der Waals surface area contributed by atoms with Gasteiger partial charge in [-0.25, -0.2) is 5.43 Å². The molecular formula is C38H28N2OSi. The minimum atomic E-state index is -2.78. The van der Waals surface area contributed by atoms with Crippen molar-refractivity contribution in [3.05, 3.63) is 168 Å². The minimum Gasteiger partial charge on any atom is -0.458 e. The third-order valence-corrected chi connectivity index (χ3v) is 14.5. The third-order valence-electron chi connectivity index (χ3n) is 9.59. The van der Waals surface area contributed by atoms with Gasteiger partial charge in [-0.3, -0.25) is 5.01 Å². The highest BCUT2D eigenvalue weighted by atomic mass is 28.3. The van der Waals surface area contributed by atoms with Gasteiger partial charge in [0.1, 0.15) is 11.5 Å². The van der Waals surface area contributed by atoms with Crippen LogP contribution in [0.25, 0.3) is 0 Å². The van der Waals surface area contributed by atoms with Crippen molar-refractivity contribution in [3.63, 3.8) is 0 Å². The van der Waals surface area contributed by atoms with E-state index in [1.807, 2.05) is 7.05 Å². The summed E-state index contributed by atoms with van der Waals surface area (Å²) in [5.41, 5.74) is 10.6. The minimum absolute atomic E-state index is 0.492. The van der Waals surface area contributed by atoms with Crippen LogP contribution in [0, 0.1) is 0 Å². The lowest BCUT2D eigenvalue weighted by atomic mass is 9.62. The maximum atomic E-state index is 6.63. The predicted molar refractivity (Wildman–Crippen MR) is 173 cm³/mol. The zero-order valence-electron chi connectivity index (χ0n) is 23.2. The second-order valence-corrected chi connectivity index (χ2v) is 14.9. The Hall–Kier alpha value is -4.90. The van der Waals surface area contributed by atoms with E-state index in [0.717, 1.165) is 11.5 Å². The topological polar surface area (TPSA) is 24.5 Å². The van der Waals surface area contributed by atoms with E-state index in [9.17, 15) is 0 Å².